The van der Waals surface area contributed by atoms with Crippen LogP contribution >= 0.6 is 0 Å². The third-order valence-corrected chi connectivity index (χ3v) is 0.867. The quantitative estimate of drug-likeness (QED) is 0.580. The Hall–Kier alpha value is -1.83. The number of nitrogens with zero attached hydrogens (tertiary/aromatic N) is 4. The minimum atomic E-state index is 0.207. The summed E-state index contributed by atoms with van der Waals surface area (Å²) < 4.78 is 0. The molecule has 0 amide bonds. The highest BCUT2D eigenvalue weighted by Gasteiger charge is 1.91. The minimum absolute atomic E-state index is 0.207. The smallest absolute Gasteiger partial charge is 0.192 e. The van der Waals surface area contributed by atoms with Crippen molar-refractivity contribution in [1.29, 1.82) is 10.8 Å². The average molecular weight is 133 g/mol. The molecule has 1 aromatic rings. The molecule has 0 fully saturated rings. The molecule has 0 saturated carbocycles. The van der Waals surface area contributed by atoms with Crippen LogP contribution in [-0.4, -0.2) is 9.97 Å². The maximum absolute atomic E-state index is 8.27. The van der Waals surface area contributed by atoms with Gasteiger partial charge in [-0.25, -0.2) is 15.5 Å². The van der Waals surface area contributed by atoms with Crippen LogP contribution < -0.4 is 0 Å². The van der Waals surface area contributed by atoms with Gasteiger partial charge in [-0.2, -0.15) is 5.26 Å². The number of aromatic nitrogens is 2. The van der Waals surface area contributed by atoms with Crippen molar-refractivity contribution in [3.8, 4) is 6.07 Å². The second-order valence-electron chi connectivity index (χ2n) is 1.48. The Labute approximate surface area is 56.9 Å². The molecule has 1 rings (SSSR count). The van der Waals surface area contributed by atoms with E-state index in [1.807, 2.05) is 0 Å². The van der Waals surface area contributed by atoms with Gasteiger partial charge in [0.15, 0.2) is 11.5 Å². The van der Waals surface area contributed by atoms with Gasteiger partial charge in [-0.3, -0.25) is 0 Å². The van der Waals surface area contributed by atoms with Crippen molar-refractivity contribution in [3.63, 3.8) is 0 Å². The molecule has 0 radical (unpaired) electrons. The third kappa shape index (κ3) is 1.11. The molecule has 5 heteroatoms. The summed E-state index contributed by atoms with van der Waals surface area (Å²) in [6.45, 7) is 0. The molecule has 0 bridgehead atoms. The zero-order chi connectivity index (χ0) is 7.40. The summed E-state index contributed by atoms with van der Waals surface area (Å²) in [4.78, 5) is 7.26. The van der Waals surface area contributed by atoms with E-state index in [0.717, 1.165) is 0 Å². The minimum Gasteiger partial charge on any atom is -0.240 e. The largest absolute Gasteiger partial charge is 0.240 e. The molecule has 1 N–H and O–H groups in total. The highest BCUT2D eigenvalue weighted by Crippen LogP contribution is 2.02. The summed E-state index contributed by atoms with van der Waals surface area (Å²) in [7, 11) is 0. The predicted molar refractivity (Wildman–Crippen MR) is 31.6 cm³/mol. The van der Waals surface area contributed by atoms with Gasteiger partial charge in [0.05, 0.1) is 12.4 Å². The summed E-state index contributed by atoms with van der Waals surface area (Å²) >= 11 is 0. The number of nitrogens with one attached hydrogen (secondary N) is 1. The van der Waals surface area contributed by atoms with Crippen molar-refractivity contribution in [2.24, 2.45) is 5.11 Å². The Morgan fingerprint density at radius 2 is 2.30 bits per heavy atom. The highest BCUT2D eigenvalue weighted by atomic mass is 15.0. The van der Waals surface area contributed by atoms with Gasteiger partial charge in [0.1, 0.15) is 6.07 Å². The van der Waals surface area contributed by atoms with Crippen molar-refractivity contribution in [2.75, 3.05) is 0 Å². The lowest BCUT2D eigenvalue weighted by molar-refractivity contribution is 1.05. The predicted octanol–water partition coefficient (Wildman–Crippen LogP) is 1.01. The SMILES string of the molecule is N#Cc1cnc(N=N)cn1. The van der Waals surface area contributed by atoms with E-state index >= 15 is 0 Å². The van der Waals surface area contributed by atoms with E-state index in [9.17, 15) is 0 Å². The molecule has 5 nitrogen and oxygen atoms in total. The molecule has 0 unspecified atom stereocenters. The van der Waals surface area contributed by atoms with Crippen LogP contribution in [0, 0.1) is 16.9 Å². The first-order valence-corrected chi connectivity index (χ1v) is 2.46. The molecule has 0 aliphatic carbocycles. The number of nitriles is 1. The van der Waals surface area contributed by atoms with Gasteiger partial charge in [-0.15, -0.1) is 5.11 Å². The van der Waals surface area contributed by atoms with Crippen molar-refractivity contribution in [1.82, 2.24) is 9.97 Å². The van der Waals surface area contributed by atoms with E-state index in [1.54, 1.807) is 6.07 Å². The molecule has 0 atom stereocenters. The molecule has 10 heavy (non-hydrogen) atoms. The first kappa shape index (κ1) is 6.29. The van der Waals surface area contributed by atoms with E-state index in [4.69, 9.17) is 10.8 Å². The summed E-state index contributed by atoms with van der Waals surface area (Å²) in [6, 6.07) is 1.80. The van der Waals surface area contributed by atoms with E-state index in [0.29, 0.717) is 0 Å². The summed E-state index contributed by atoms with van der Waals surface area (Å²) in [5.41, 5.74) is 6.74. The van der Waals surface area contributed by atoms with Crippen LogP contribution in [0.15, 0.2) is 17.5 Å². The Kier molecular flexibility index (Phi) is 1.66. The van der Waals surface area contributed by atoms with Crippen LogP contribution in [0.1, 0.15) is 5.69 Å². The number of hydrogen-bond donors (Lipinski definition) is 1. The van der Waals surface area contributed by atoms with Gasteiger partial charge in [0.2, 0.25) is 0 Å². The lowest BCUT2D eigenvalue weighted by Gasteiger charge is -1.86. The highest BCUT2D eigenvalue weighted by molar-refractivity contribution is 5.25. The van der Waals surface area contributed by atoms with Crippen LogP contribution in [0.4, 0.5) is 5.82 Å². The Balaban J connectivity index is 3.04. The maximum Gasteiger partial charge on any atom is 0.192 e. The molecular formula is C5H3N5. The van der Waals surface area contributed by atoms with Gasteiger partial charge in [0.25, 0.3) is 0 Å². The second-order valence-corrected chi connectivity index (χ2v) is 1.48. The zero-order valence-corrected chi connectivity index (χ0v) is 4.94. The average Bonchev–Trinajstić information content (AvgIpc) is 2.05. The van der Waals surface area contributed by atoms with Crippen LogP contribution in [0.5, 0.6) is 0 Å². The van der Waals surface area contributed by atoms with Gasteiger partial charge in [-0.05, 0) is 0 Å². The molecule has 0 aliphatic rings. The Morgan fingerprint density at radius 3 is 2.70 bits per heavy atom. The van der Waals surface area contributed by atoms with E-state index < -0.39 is 0 Å². The summed E-state index contributed by atoms with van der Waals surface area (Å²) in [5.74, 6) is 0.207. The van der Waals surface area contributed by atoms with Crippen molar-refractivity contribution in [2.45, 2.75) is 0 Å². The van der Waals surface area contributed by atoms with Gasteiger partial charge < -0.3 is 0 Å². The van der Waals surface area contributed by atoms with Crippen molar-refractivity contribution < 1.29 is 0 Å². The Bertz CT molecular complexity index is 269. The molecule has 0 aromatic carbocycles. The van der Waals surface area contributed by atoms with Crippen molar-refractivity contribution in [3.05, 3.63) is 18.1 Å². The topological polar surface area (TPSA) is 85.8 Å². The molecule has 1 aromatic heterocycles. The number of hydrogen-bond acceptors (Lipinski definition) is 5. The van der Waals surface area contributed by atoms with E-state index in [1.165, 1.54) is 12.4 Å². The first-order chi connectivity index (χ1) is 4.86. The van der Waals surface area contributed by atoms with Crippen LogP contribution in [0.25, 0.3) is 0 Å². The van der Waals surface area contributed by atoms with Gasteiger partial charge in [0, 0.05) is 0 Å². The molecule has 0 aliphatic heterocycles. The molecular weight excluding hydrogens is 130 g/mol. The van der Waals surface area contributed by atoms with Crippen LogP contribution in [0.2, 0.25) is 0 Å². The molecule has 0 spiro atoms. The normalized spacial score (nSPS) is 8.30. The second kappa shape index (κ2) is 2.64. The monoisotopic (exact) mass is 133 g/mol. The summed E-state index contributed by atoms with van der Waals surface area (Å²) in [5, 5.41) is 11.3. The van der Waals surface area contributed by atoms with Gasteiger partial charge in [-0.1, -0.05) is 0 Å². The maximum atomic E-state index is 8.27. The summed E-state index contributed by atoms with van der Waals surface area (Å²) in [6.07, 6.45) is 2.54. The van der Waals surface area contributed by atoms with Crippen molar-refractivity contribution >= 4 is 5.82 Å². The van der Waals surface area contributed by atoms with Crippen LogP contribution in [-0.2, 0) is 0 Å². The Morgan fingerprint density at radius 1 is 1.50 bits per heavy atom. The molecule has 48 valence electrons. The van der Waals surface area contributed by atoms with Gasteiger partial charge >= 0.3 is 0 Å². The lowest BCUT2D eigenvalue weighted by Crippen LogP contribution is -1.82. The molecule has 0 saturated heterocycles. The molecule has 1 heterocycles. The van der Waals surface area contributed by atoms with Crippen LogP contribution in [0.3, 0.4) is 0 Å². The lowest BCUT2D eigenvalue weighted by atomic mass is 10.5. The standard InChI is InChI=1S/C5H3N5/c6-1-4-2-9-5(10-7)3-8-4/h2-3,7H. The fourth-order valence-corrected chi connectivity index (χ4v) is 0.437. The third-order valence-electron chi connectivity index (χ3n) is 0.867. The first-order valence-electron chi connectivity index (χ1n) is 2.46. The zero-order valence-electron chi connectivity index (χ0n) is 4.94. The van der Waals surface area contributed by atoms with E-state index in [2.05, 4.69) is 15.1 Å². The van der Waals surface area contributed by atoms with E-state index in [-0.39, 0.29) is 11.5 Å². The fourth-order valence-electron chi connectivity index (χ4n) is 0.437. The fraction of sp³-hybridized carbons (Fsp3) is 0. The number of rotatable bonds is 1.